The van der Waals surface area contributed by atoms with Crippen molar-refractivity contribution in [1.82, 2.24) is 10.2 Å². The number of nitrogens with zero attached hydrogens (tertiary/aromatic N) is 2. The van der Waals surface area contributed by atoms with Gasteiger partial charge in [0.15, 0.2) is 0 Å². The van der Waals surface area contributed by atoms with Crippen LogP contribution in [0.2, 0.25) is 0 Å². The Labute approximate surface area is 132 Å². The molecule has 0 spiro atoms. The fraction of sp³-hybridized carbons (Fsp3) is 0.944. The number of rotatable bonds is 11. The molecule has 0 amide bonds. The van der Waals surface area contributed by atoms with Crippen molar-refractivity contribution in [2.75, 3.05) is 19.6 Å². The molecule has 1 N–H and O–H groups in total. The standard InChI is InChI=1S/C18H35N3/c1-15(2)12-21(13-16(3)4)11-7-6-10-18(5,14-19)20-17-8-9-17/h15-17,20H,6-13H2,1-5H3. The predicted molar refractivity (Wildman–Crippen MR) is 90.1 cm³/mol. The van der Waals surface area contributed by atoms with Crippen LogP contribution in [0.5, 0.6) is 0 Å². The summed E-state index contributed by atoms with van der Waals surface area (Å²) in [5.41, 5.74) is -0.317. The first-order chi connectivity index (χ1) is 9.84. The first-order valence-electron chi connectivity index (χ1n) is 8.76. The van der Waals surface area contributed by atoms with Gasteiger partial charge in [0, 0.05) is 19.1 Å². The van der Waals surface area contributed by atoms with Gasteiger partial charge in [-0.25, -0.2) is 0 Å². The molecule has 0 aromatic carbocycles. The van der Waals surface area contributed by atoms with Gasteiger partial charge in [0.25, 0.3) is 0 Å². The fourth-order valence-electron chi connectivity index (χ4n) is 2.94. The second-order valence-electron chi connectivity index (χ2n) is 7.87. The lowest BCUT2D eigenvalue weighted by atomic mass is 9.96. The van der Waals surface area contributed by atoms with Gasteiger partial charge in [-0.15, -0.1) is 0 Å². The molecule has 0 aliphatic heterocycles. The molecule has 0 heterocycles. The average molecular weight is 293 g/mol. The fourth-order valence-corrected chi connectivity index (χ4v) is 2.94. The molecule has 1 unspecified atom stereocenters. The van der Waals surface area contributed by atoms with Gasteiger partial charge in [0.1, 0.15) is 5.54 Å². The van der Waals surface area contributed by atoms with Crippen molar-refractivity contribution in [3.63, 3.8) is 0 Å². The van der Waals surface area contributed by atoms with Gasteiger partial charge in [-0.05, 0) is 57.4 Å². The van der Waals surface area contributed by atoms with Crippen molar-refractivity contribution in [2.24, 2.45) is 11.8 Å². The molecule has 21 heavy (non-hydrogen) atoms. The largest absolute Gasteiger partial charge is 0.303 e. The molecule has 3 nitrogen and oxygen atoms in total. The minimum Gasteiger partial charge on any atom is -0.303 e. The maximum atomic E-state index is 9.39. The van der Waals surface area contributed by atoms with Crippen LogP contribution in [0.15, 0.2) is 0 Å². The molecule has 0 saturated heterocycles. The summed E-state index contributed by atoms with van der Waals surface area (Å²) in [6, 6.07) is 3.08. The SMILES string of the molecule is CC(C)CN(CCCCC(C)(C#N)NC1CC1)CC(C)C. The third kappa shape index (κ3) is 8.44. The molecule has 122 valence electrons. The van der Waals surface area contributed by atoms with Crippen LogP contribution < -0.4 is 5.32 Å². The number of hydrogen-bond acceptors (Lipinski definition) is 3. The van der Waals surface area contributed by atoms with Crippen LogP contribution in [0.3, 0.4) is 0 Å². The van der Waals surface area contributed by atoms with Gasteiger partial charge in [-0.2, -0.15) is 5.26 Å². The quantitative estimate of drug-likeness (QED) is 0.589. The maximum absolute atomic E-state index is 9.39. The molecule has 3 heteroatoms. The van der Waals surface area contributed by atoms with E-state index in [9.17, 15) is 5.26 Å². The zero-order valence-corrected chi connectivity index (χ0v) is 14.8. The van der Waals surface area contributed by atoms with Crippen molar-refractivity contribution < 1.29 is 0 Å². The zero-order valence-electron chi connectivity index (χ0n) is 14.8. The van der Waals surface area contributed by atoms with Gasteiger partial charge in [-0.3, -0.25) is 5.32 Å². The van der Waals surface area contributed by atoms with E-state index >= 15 is 0 Å². The predicted octanol–water partition coefficient (Wildman–Crippen LogP) is 3.80. The van der Waals surface area contributed by atoms with E-state index in [4.69, 9.17) is 0 Å². The normalized spacial score (nSPS) is 18.2. The molecule has 1 aliphatic rings. The summed E-state index contributed by atoms with van der Waals surface area (Å²) >= 11 is 0. The molecule has 1 aliphatic carbocycles. The highest BCUT2D eigenvalue weighted by Crippen LogP contribution is 2.24. The monoisotopic (exact) mass is 293 g/mol. The Kier molecular flexibility index (Phi) is 7.70. The van der Waals surface area contributed by atoms with Crippen LogP contribution in [0.1, 0.15) is 66.7 Å². The van der Waals surface area contributed by atoms with Crippen molar-refractivity contribution >= 4 is 0 Å². The number of nitrogens with one attached hydrogen (secondary N) is 1. The van der Waals surface area contributed by atoms with E-state index in [-0.39, 0.29) is 5.54 Å². The van der Waals surface area contributed by atoms with Crippen LogP contribution in [-0.2, 0) is 0 Å². The number of hydrogen-bond donors (Lipinski definition) is 1. The van der Waals surface area contributed by atoms with Gasteiger partial charge in [0.2, 0.25) is 0 Å². The van der Waals surface area contributed by atoms with Gasteiger partial charge in [0.05, 0.1) is 6.07 Å². The highest BCUT2D eigenvalue weighted by molar-refractivity contribution is 5.06. The zero-order chi connectivity index (χ0) is 15.9. The first-order valence-corrected chi connectivity index (χ1v) is 8.76. The molecule has 0 bridgehead atoms. The van der Waals surface area contributed by atoms with E-state index in [0.29, 0.717) is 6.04 Å². The van der Waals surface area contributed by atoms with E-state index < -0.39 is 0 Å². The van der Waals surface area contributed by atoms with Crippen LogP contribution in [0, 0.1) is 23.2 Å². The summed E-state index contributed by atoms with van der Waals surface area (Å²) < 4.78 is 0. The summed E-state index contributed by atoms with van der Waals surface area (Å²) in [7, 11) is 0. The lowest BCUT2D eigenvalue weighted by Gasteiger charge is -2.27. The van der Waals surface area contributed by atoms with Crippen LogP contribution in [0.25, 0.3) is 0 Å². The van der Waals surface area contributed by atoms with Gasteiger partial charge in [-0.1, -0.05) is 27.7 Å². The molecule has 1 saturated carbocycles. The Morgan fingerprint density at radius 2 is 1.71 bits per heavy atom. The van der Waals surface area contributed by atoms with E-state index in [2.05, 4.69) is 50.9 Å². The van der Waals surface area contributed by atoms with Crippen molar-refractivity contribution in [2.45, 2.75) is 78.3 Å². The van der Waals surface area contributed by atoms with Crippen molar-refractivity contribution in [3.8, 4) is 6.07 Å². The Morgan fingerprint density at radius 1 is 1.14 bits per heavy atom. The van der Waals surface area contributed by atoms with Gasteiger partial charge >= 0.3 is 0 Å². The Morgan fingerprint density at radius 3 is 2.14 bits per heavy atom. The van der Waals surface area contributed by atoms with Crippen molar-refractivity contribution in [1.29, 1.82) is 5.26 Å². The molecular formula is C18H35N3. The molecule has 1 fully saturated rings. The summed E-state index contributed by atoms with van der Waals surface area (Å²) in [6.45, 7) is 14.8. The molecule has 0 aromatic heterocycles. The van der Waals surface area contributed by atoms with E-state index in [1.165, 1.54) is 38.9 Å². The molecule has 1 atom stereocenters. The minimum atomic E-state index is -0.317. The first kappa shape index (κ1) is 18.5. The van der Waals surface area contributed by atoms with Crippen LogP contribution in [-0.4, -0.2) is 36.1 Å². The Balaban J connectivity index is 2.26. The molecule has 1 rings (SSSR count). The van der Waals surface area contributed by atoms with E-state index in [1.807, 2.05) is 0 Å². The topological polar surface area (TPSA) is 39.1 Å². The highest BCUT2D eigenvalue weighted by Gasteiger charge is 2.31. The number of unbranched alkanes of at least 4 members (excludes halogenated alkanes) is 1. The molecule has 0 radical (unpaired) electrons. The second kappa shape index (κ2) is 8.76. The third-order valence-electron chi connectivity index (χ3n) is 3.99. The highest BCUT2D eigenvalue weighted by atomic mass is 15.1. The lowest BCUT2D eigenvalue weighted by Crippen LogP contribution is -2.42. The second-order valence-corrected chi connectivity index (χ2v) is 7.87. The van der Waals surface area contributed by atoms with E-state index in [0.717, 1.165) is 24.7 Å². The summed E-state index contributed by atoms with van der Waals surface area (Å²) in [4.78, 5) is 2.59. The Bertz CT molecular complexity index is 318. The molecular weight excluding hydrogens is 258 g/mol. The summed E-state index contributed by atoms with van der Waals surface area (Å²) in [5, 5.41) is 12.9. The van der Waals surface area contributed by atoms with Crippen molar-refractivity contribution in [3.05, 3.63) is 0 Å². The smallest absolute Gasteiger partial charge is 0.104 e. The Hall–Kier alpha value is -0.590. The van der Waals surface area contributed by atoms with Gasteiger partial charge < -0.3 is 4.90 Å². The lowest BCUT2D eigenvalue weighted by molar-refractivity contribution is 0.213. The maximum Gasteiger partial charge on any atom is 0.104 e. The number of nitriles is 1. The summed E-state index contributed by atoms with van der Waals surface area (Å²) in [5.74, 6) is 1.45. The van der Waals surface area contributed by atoms with E-state index in [1.54, 1.807) is 0 Å². The third-order valence-corrected chi connectivity index (χ3v) is 3.99. The average Bonchev–Trinajstić information content (AvgIpc) is 3.17. The molecule has 0 aromatic rings. The van der Waals surface area contributed by atoms with Crippen LogP contribution >= 0.6 is 0 Å². The summed E-state index contributed by atoms with van der Waals surface area (Å²) in [6.07, 6.45) is 5.79. The van der Waals surface area contributed by atoms with Crippen LogP contribution in [0.4, 0.5) is 0 Å². The minimum absolute atomic E-state index is 0.317.